The summed E-state index contributed by atoms with van der Waals surface area (Å²) in [4.78, 5) is 11.8. The number of aliphatic hydroxyl groups is 1. The van der Waals surface area contributed by atoms with Crippen LogP contribution in [0.15, 0.2) is 54.6 Å². The smallest absolute Gasteiger partial charge is 0.238 e. The minimum absolute atomic E-state index is 0.0244. The zero-order chi connectivity index (χ0) is 15.1. The number of amides is 1. The maximum absolute atomic E-state index is 13.0. The van der Waals surface area contributed by atoms with Crippen LogP contribution in [0.5, 0.6) is 0 Å². The molecule has 0 aliphatic rings. The number of carbonyl (C=O) groups excluding carboxylic acids is 1. The van der Waals surface area contributed by atoms with E-state index in [1.165, 1.54) is 18.2 Å². The van der Waals surface area contributed by atoms with Gasteiger partial charge in [-0.1, -0.05) is 36.4 Å². The summed E-state index contributed by atoms with van der Waals surface area (Å²) < 4.78 is 13.0. The first kappa shape index (κ1) is 15.2. The quantitative estimate of drug-likeness (QED) is 0.762. The fraction of sp³-hybridized carbons (Fsp3) is 0.188. The SMILES string of the molecule is O=C(CNC(CO)c1ccccc1)Nc1cccc(F)c1. The van der Waals surface area contributed by atoms with E-state index in [0.29, 0.717) is 5.69 Å². The average Bonchev–Trinajstić information content (AvgIpc) is 2.49. The van der Waals surface area contributed by atoms with Crippen molar-refractivity contribution in [3.63, 3.8) is 0 Å². The Morgan fingerprint density at radius 3 is 2.57 bits per heavy atom. The number of aliphatic hydroxyl groups excluding tert-OH is 1. The molecule has 2 aromatic carbocycles. The Morgan fingerprint density at radius 1 is 1.14 bits per heavy atom. The van der Waals surface area contributed by atoms with Gasteiger partial charge in [-0.05, 0) is 23.8 Å². The molecule has 0 heterocycles. The third-order valence-electron chi connectivity index (χ3n) is 3.00. The maximum Gasteiger partial charge on any atom is 0.238 e. The summed E-state index contributed by atoms with van der Waals surface area (Å²) in [6.07, 6.45) is 0. The topological polar surface area (TPSA) is 61.4 Å². The summed E-state index contributed by atoms with van der Waals surface area (Å²) in [6.45, 7) is -0.0894. The second-order valence-corrected chi connectivity index (χ2v) is 4.59. The summed E-state index contributed by atoms with van der Waals surface area (Å²) in [5.41, 5.74) is 1.31. The van der Waals surface area contributed by atoms with E-state index in [2.05, 4.69) is 10.6 Å². The molecule has 0 bridgehead atoms. The first-order valence-corrected chi connectivity index (χ1v) is 6.63. The molecule has 0 aliphatic heterocycles. The van der Waals surface area contributed by atoms with Gasteiger partial charge in [0.25, 0.3) is 0 Å². The predicted molar refractivity (Wildman–Crippen MR) is 79.3 cm³/mol. The Morgan fingerprint density at radius 2 is 1.90 bits per heavy atom. The molecule has 0 spiro atoms. The van der Waals surface area contributed by atoms with Gasteiger partial charge in [0.05, 0.1) is 19.2 Å². The van der Waals surface area contributed by atoms with E-state index in [4.69, 9.17) is 0 Å². The van der Waals surface area contributed by atoms with E-state index in [1.807, 2.05) is 30.3 Å². The fourth-order valence-corrected chi connectivity index (χ4v) is 1.96. The minimum Gasteiger partial charge on any atom is -0.394 e. The molecule has 5 heteroatoms. The van der Waals surface area contributed by atoms with Crippen LogP contribution in [0.4, 0.5) is 10.1 Å². The summed E-state index contributed by atoms with van der Waals surface area (Å²) in [7, 11) is 0. The predicted octanol–water partition coefficient (Wildman–Crippen LogP) is 2.09. The van der Waals surface area contributed by atoms with Crippen LogP contribution >= 0.6 is 0 Å². The zero-order valence-corrected chi connectivity index (χ0v) is 11.4. The van der Waals surface area contributed by atoms with Gasteiger partial charge in [0, 0.05) is 5.69 Å². The zero-order valence-electron chi connectivity index (χ0n) is 11.4. The van der Waals surface area contributed by atoms with Crippen LogP contribution in [0.1, 0.15) is 11.6 Å². The van der Waals surface area contributed by atoms with Crippen LogP contribution in [-0.2, 0) is 4.79 Å². The number of hydrogen-bond acceptors (Lipinski definition) is 3. The molecule has 1 atom stereocenters. The average molecular weight is 288 g/mol. The molecule has 2 aromatic rings. The molecule has 0 saturated heterocycles. The Balaban J connectivity index is 1.88. The summed E-state index contributed by atoms with van der Waals surface area (Å²) in [5.74, 6) is -0.701. The highest BCUT2D eigenvalue weighted by molar-refractivity contribution is 5.92. The number of anilines is 1. The van der Waals surface area contributed by atoms with Crippen molar-refractivity contribution in [2.75, 3.05) is 18.5 Å². The molecule has 0 aliphatic carbocycles. The minimum atomic E-state index is -0.404. The molecule has 2 rings (SSSR count). The van der Waals surface area contributed by atoms with Crippen molar-refractivity contribution in [3.05, 3.63) is 66.0 Å². The van der Waals surface area contributed by atoms with Crippen molar-refractivity contribution < 1.29 is 14.3 Å². The van der Waals surface area contributed by atoms with Crippen molar-refractivity contribution in [2.45, 2.75) is 6.04 Å². The number of rotatable bonds is 6. The molecule has 1 amide bonds. The summed E-state index contributed by atoms with van der Waals surface area (Å²) >= 11 is 0. The standard InChI is InChI=1S/C16H17FN2O2/c17-13-7-4-8-14(9-13)19-16(21)10-18-15(11-20)12-5-2-1-3-6-12/h1-9,15,18,20H,10-11H2,(H,19,21). The molecular weight excluding hydrogens is 271 g/mol. The second-order valence-electron chi connectivity index (χ2n) is 4.59. The Hall–Kier alpha value is -2.24. The molecule has 0 saturated carbocycles. The van der Waals surface area contributed by atoms with Gasteiger partial charge < -0.3 is 10.4 Å². The lowest BCUT2D eigenvalue weighted by Crippen LogP contribution is -2.32. The van der Waals surface area contributed by atoms with Gasteiger partial charge in [-0.15, -0.1) is 0 Å². The number of nitrogens with one attached hydrogen (secondary N) is 2. The van der Waals surface area contributed by atoms with E-state index in [9.17, 15) is 14.3 Å². The third-order valence-corrected chi connectivity index (χ3v) is 3.00. The number of carbonyl (C=O) groups is 1. The monoisotopic (exact) mass is 288 g/mol. The van der Waals surface area contributed by atoms with E-state index in [1.54, 1.807) is 6.07 Å². The molecule has 1 unspecified atom stereocenters. The molecule has 0 fully saturated rings. The summed E-state index contributed by atoms with van der Waals surface area (Å²) in [5, 5.41) is 14.9. The van der Waals surface area contributed by atoms with Crippen molar-refractivity contribution in [1.82, 2.24) is 5.32 Å². The molecular formula is C16H17FN2O2. The number of hydrogen-bond donors (Lipinski definition) is 3. The second kappa shape index (κ2) is 7.52. The van der Waals surface area contributed by atoms with Gasteiger partial charge in [-0.2, -0.15) is 0 Å². The van der Waals surface area contributed by atoms with Crippen LogP contribution < -0.4 is 10.6 Å². The molecule has 0 radical (unpaired) electrons. The lowest BCUT2D eigenvalue weighted by atomic mass is 10.1. The molecule has 21 heavy (non-hydrogen) atoms. The maximum atomic E-state index is 13.0. The van der Waals surface area contributed by atoms with Gasteiger partial charge >= 0.3 is 0 Å². The van der Waals surface area contributed by atoms with Gasteiger partial charge in [-0.25, -0.2) is 4.39 Å². The highest BCUT2D eigenvalue weighted by Crippen LogP contribution is 2.12. The fourth-order valence-electron chi connectivity index (χ4n) is 1.96. The van der Waals surface area contributed by atoms with Crippen LogP contribution in [0, 0.1) is 5.82 Å². The van der Waals surface area contributed by atoms with Crippen LogP contribution in [0.3, 0.4) is 0 Å². The lowest BCUT2D eigenvalue weighted by Gasteiger charge is -2.16. The van der Waals surface area contributed by atoms with Crippen molar-refractivity contribution in [1.29, 1.82) is 0 Å². The first-order chi connectivity index (χ1) is 10.2. The Bertz CT molecular complexity index is 590. The van der Waals surface area contributed by atoms with Crippen LogP contribution in [0.2, 0.25) is 0 Å². The van der Waals surface area contributed by atoms with E-state index in [-0.39, 0.29) is 25.1 Å². The van der Waals surface area contributed by atoms with Crippen molar-refractivity contribution in [3.8, 4) is 0 Å². The third kappa shape index (κ3) is 4.66. The molecule has 0 aromatic heterocycles. The van der Waals surface area contributed by atoms with Gasteiger partial charge in [-0.3, -0.25) is 10.1 Å². The van der Waals surface area contributed by atoms with Crippen molar-refractivity contribution in [2.24, 2.45) is 0 Å². The molecule has 4 nitrogen and oxygen atoms in total. The van der Waals surface area contributed by atoms with Crippen LogP contribution in [0.25, 0.3) is 0 Å². The van der Waals surface area contributed by atoms with Gasteiger partial charge in [0.2, 0.25) is 5.91 Å². The number of halogens is 1. The highest BCUT2D eigenvalue weighted by Gasteiger charge is 2.11. The Kier molecular flexibility index (Phi) is 5.43. The Labute approximate surface area is 122 Å². The lowest BCUT2D eigenvalue weighted by molar-refractivity contribution is -0.115. The van der Waals surface area contributed by atoms with E-state index >= 15 is 0 Å². The first-order valence-electron chi connectivity index (χ1n) is 6.63. The number of benzene rings is 2. The molecule has 110 valence electrons. The largest absolute Gasteiger partial charge is 0.394 e. The molecule has 3 N–H and O–H groups in total. The summed E-state index contributed by atoms with van der Waals surface area (Å²) in [6, 6.07) is 14.7. The normalized spacial score (nSPS) is 11.9. The van der Waals surface area contributed by atoms with Crippen LogP contribution in [-0.4, -0.2) is 24.2 Å². The van der Waals surface area contributed by atoms with E-state index in [0.717, 1.165) is 5.56 Å². The van der Waals surface area contributed by atoms with Crippen molar-refractivity contribution >= 4 is 11.6 Å². The van der Waals surface area contributed by atoms with E-state index < -0.39 is 5.82 Å². The van der Waals surface area contributed by atoms with Gasteiger partial charge in [0.15, 0.2) is 0 Å². The highest BCUT2D eigenvalue weighted by atomic mass is 19.1. The van der Waals surface area contributed by atoms with Gasteiger partial charge in [0.1, 0.15) is 5.82 Å².